The van der Waals surface area contributed by atoms with E-state index in [1.807, 2.05) is 48.5 Å². The molecule has 2 aliphatic rings. The Hall–Kier alpha value is -3.77. The molecule has 176 valence electrons. The number of hydrogen-bond donors (Lipinski definition) is 0. The zero-order valence-electron chi connectivity index (χ0n) is 19.1. The molecule has 4 aromatic carbocycles. The van der Waals surface area contributed by atoms with E-state index in [9.17, 15) is 8.42 Å². The summed E-state index contributed by atoms with van der Waals surface area (Å²) in [7, 11) is -3.70. The standard InChI is InChI=1S/C29H25NO4S/c31-35(32,26-11-13-28-22(16-26)15-24(19-33-28)21-7-3-1-4-8-21)27-12-14-29-23(17-27)18-30(20-34-29)25-9-5-2-6-10-25/h1-14,16-17,24H,15,18-20H2. The average molecular weight is 484 g/mol. The van der Waals surface area contributed by atoms with Gasteiger partial charge >= 0.3 is 0 Å². The number of benzene rings is 4. The lowest BCUT2D eigenvalue weighted by Crippen LogP contribution is -2.31. The predicted octanol–water partition coefficient (Wildman–Crippen LogP) is 5.59. The van der Waals surface area contributed by atoms with E-state index in [1.165, 1.54) is 5.56 Å². The number of fused-ring (bicyclic) bond motifs is 2. The topological polar surface area (TPSA) is 55.8 Å². The van der Waals surface area contributed by atoms with Crippen LogP contribution in [0.5, 0.6) is 11.5 Å². The summed E-state index contributed by atoms with van der Waals surface area (Å²) in [5, 5.41) is 0. The molecule has 1 unspecified atom stereocenters. The lowest BCUT2D eigenvalue weighted by molar-refractivity contribution is 0.262. The van der Waals surface area contributed by atoms with Crippen LogP contribution in [0, 0.1) is 0 Å². The van der Waals surface area contributed by atoms with E-state index in [1.54, 1.807) is 36.4 Å². The van der Waals surface area contributed by atoms with Crippen LogP contribution in [0.15, 0.2) is 107 Å². The van der Waals surface area contributed by atoms with Gasteiger partial charge in [0.05, 0.1) is 16.4 Å². The summed E-state index contributed by atoms with van der Waals surface area (Å²) in [5.74, 6) is 1.68. The Kier molecular flexibility index (Phi) is 5.46. The van der Waals surface area contributed by atoms with E-state index in [0.29, 0.717) is 19.9 Å². The molecule has 35 heavy (non-hydrogen) atoms. The van der Waals surface area contributed by atoms with Crippen LogP contribution >= 0.6 is 0 Å². The first-order chi connectivity index (χ1) is 17.1. The second-order valence-electron chi connectivity index (χ2n) is 8.97. The van der Waals surface area contributed by atoms with Gasteiger partial charge in [0.15, 0.2) is 6.73 Å². The molecule has 0 saturated heterocycles. The largest absolute Gasteiger partial charge is 0.493 e. The number of hydrogen-bond acceptors (Lipinski definition) is 5. The fraction of sp³-hybridized carbons (Fsp3) is 0.172. The minimum atomic E-state index is -3.70. The van der Waals surface area contributed by atoms with Gasteiger partial charge in [-0.15, -0.1) is 0 Å². The maximum absolute atomic E-state index is 13.6. The zero-order valence-corrected chi connectivity index (χ0v) is 19.9. The van der Waals surface area contributed by atoms with E-state index >= 15 is 0 Å². The van der Waals surface area contributed by atoms with Crippen LogP contribution in [0.3, 0.4) is 0 Å². The molecule has 0 saturated carbocycles. The molecule has 6 heteroatoms. The number of para-hydroxylation sites is 1. The highest BCUT2D eigenvalue weighted by Crippen LogP contribution is 2.36. The second-order valence-corrected chi connectivity index (χ2v) is 10.9. The number of sulfone groups is 1. The average Bonchev–Trinajstić information content (AvgIpc) is 2.92. The van der Waals surface area contributed by atoms with E-state index in [0.717, 1.165) is 34.7 Å². The summed E-state index contributed by atoms with van der Waals surface area (Å²) in [6, 6.07) is 30.5. The third-order valence-electron chi connectivity index (χ3n) is 6.72. The molecule has 0 aliphatic carbocycles. The summed E-state index contributed by atoms with van der Waals surface area (Å²) in [6.07, 6.45) is 0.743. The highest BCUT2D eigenvalue weighted by molar-refractivity contribution is 7.91. The van der Waals surface area contributed by atoms with Crippen molar-refractivity contribution in [1.29, 1.82) is 0 Å². The van der Waals surface area contributed by atoms with Crippen molar-refractivity contribution in [1.82, 2.24) is 0 Å². The highest BCUT2D eigenvalue weighted by Gasteiger charge is 2.26. The molecule has 4 aromatic rings. The van der Waals surface area contributed by atoms with E-state index < -0.39 is 9.84 Å². The minimum absolute atomic E-state index is 0.200. The summed E-state index contributed by atoms with van der Waals surface area (Å²) in [6.45, 7) is 1.60. The van der Waals surface area contributed by atoms with Gasteiger partial charge in [0.2, 0.25) is 9.84 Å². The normalized spacial score (nSPS) is 17.0. The van der Waals surface area contributed by atoms with Crippen LogP contribution in [0.2, 0.25) is 0 Å². The summed E-state index contributed by atoms with van der Waals surface area (Å²) in [4.78, 5) is 2.63. The summed E-state index contributed by atoms with van der Waals surface area (Å²) < 4.78 is 39.1. The second kappa shape index (κ2) is 8.78. The van der Waals surface area contributed by atoms with Crippen molar-refractivity contribution in [2.45, 2.75) is 28.7 Å². The number of ether oxygens (including phenoxy) is 2. The van der Waals surface area contributed by atoms with E-state index in [4.69, 9.17) is 9.47 Å². The molecule has 1 atom stereocenters. The Morgan fingerprint density at radius 2 is 1.34 bits per heavy atom. The van der Waals surface area contributed by atoms with Gasteiger partial charge in [0, 0.05) is 23.7 Å². The van der Waals surface area contributed by atoms with Crippen molar-refractivity contribution < 1.29 is 17.9 Å². The molecule has 0 spiro atoms. The van der Waals surface area contributed by atoms with Crippen LogP contribution in [-0.2, 0) is 22.8 Å². The van der Waals surface area contributed by atoms with Gasteiger partial charge < -0.3 is 14.4 Å². The van der Waals surface area contributed by atoms with Crippen LogP contribution < -0.4 is 14.4 Å². The molecule has 0 amide bonds. The van der Waals surface area contributed by atoms with Gasteiger partial charge in [-0.2, -0.15) is 0 Å². The minimum Gasteiger partial charge on any atom is -0.493 e. The lowest BCUT2D eigenvalue weighted by atomic mass is 9.90. The van der Waals surface area contributed by atoms with Crippen molar-refractivity contribution in [2.24, 2.45) is 0 Å². The Morgan fingerprint density at radius 3 is 2.06 bits per heavy atom. The van der Waals surface area contributed by atoms with Gasteiger partial charge in [-0.05, 0) is 66.1 Å². The fourth-order valence-corrected chi connectivity index (χ4v) is 6.17. The number of nitrogens with zero attached hydrogens (tertiary/aromatic N) is 1. The van der Waals surface area contributed by atoms with Gasteiger partial charge in [-0.3, -0.25) is 0 Å². The predicted molar refractivity (Wildman–Crippen MR) is 135 cm³/mol. The van der Waals surface area contributed by atoms with Crippen molar-refractivity contribution in [3.63, 3.8) is 0 Å². The van der Waals surface area contributed by atoms with Crippen LogP contribution in [0.4, 0.5) is 5.69 Å². The zero-order chi connectivity index (χ0) is 23.8. The molecule has 5 nitrogen and oxygen atoms in total. The maximum Gasteiger partial charge on any atom is 0.206 e. The Labute approximate surface area is 205 Å². The molecular formula is C29H25NO4S. The van der Waals surface area contributed by atoms with Gasteiger partial charge in [-0.25, -0.2) is 8.42 Å². The van der Waals surface area contributed by atoms with E-state index in [-0.39, 0.29) is 15.7 Å². The van der Waals surface area contributed by atoms with Gasteiger partial charge in [-0.1, -0.05) is 48.5 Å². The fourth-order valence-electron chi connectivity index (χ4n) is 4.80. The highest BCUT2D eigenvalue weighted by atomic mass is 32.2. The van der Waals surface area contributed by atoms with E-state index in [2.05, 4.69) is 17.0 Å². The SMILES string of the molecule is O=S(=O)(c1ccc2c(c1)CC(c1ccccc1)CO2)c1ccc2c(c1)CN(c1ccccc1)CO2. The van der Waals surface area contributed by atoms with Crippen molar-refractivity contribution in [2.75, 3.05) is 18.2 Å². The molecule has 2 aliphatic heterocycles. The molecule has 0 aromatic heterocycles. The maximum atomic E-state index is 13.6. The van der Waals surface area contributed by atoms with Crippen LogP contribution in [-0.4, -0.2) is 21.8 Å². The summed E-state index contributed by atoms with van der Waals surface area (Å²) >= 11 is 0. The van der Waals surface area contributed by atoms with Crippen molar-refractivity contribution >= 4 is 15.5 Å². The number of rotatable bonds is 4. The Morgan fingerprint density at radius 1 is 0.714 bits per heavy atom. The summed E-state index contributed by atoms with van der Waals surface area (Å²) in [5.41, 5.74) is 4.01. The molecule has 2 heterocycles. The third-order valence-corrected chi connectivity index (χ3v) is 8.47. The molecule has 0 radical (unpaired) electrons. The van der Waals surface area contributed by atoms with Gasteiger partial charge in [0.25, 0.3) is 0 Å². The molecule has 0 fully saturated rings. The third kappa shape index (κ3) is 4.15. The molecule has 6 rings (SSSR count). The molecule has 0 N–H and O–H groups in total. The molecule has 0 bridgehead atoms. The van der Waals surface area contributed by atoms with Crippen LogP contribution in [0.1, 0.15) is 22.6 Å². The monoisotopic (exact) mass is 483 g/mol. The Balaban J connectivity index is 1.29. The van der Waals surface area contributed by atoms with Gasteiger partial charge in [0.1, 0.15) is 11.5 Å². The quantitative estimate of drug-likeness (QED) is 0.379. The lowest BCUT2D eigenvalue weighted by Gasteiger charge is -2.31. The van der Waals surface area contributed by atoms with Crippen molar-refractivity contribution in [3.05, 3.63) is 114 Å². The first-order valence-corrected chi connectivity index (χ1v) is 13.2. The first-order valence-electron chi connectivity index (χ1n) is 11.7. The smallest absolute Gasteiger partial charge is 0.206 e. The Bertz CT molecular complexity index is 1360. The first kappa shape index (κ1) is 21.7. The van der Waals surface area contributed by atoms with Crippen molar-refractivity contribution in [3.8, 4) is 11.5 Å². The molecular weight excluding hydrogens is 458 g/mol. The number of anilines is 1. The van der Waals surface area contributed by atoms with Crippen LogP contribution in [0.25, 0.3) is 0 Å².